The van der Waals surface area contributed by atoms with Crippen LogP contribution in [0.5, 0.6) is 0 Å². The fourth-order valence-electron chi connectivity index (χ4n) is 3.23. The molecular formula is C17H26ClNO. The zero-order valence-corrected chi connectivity index (χ0v) is 13.3. The molecule has 3 heteroatoms. The van der Waals surface area contributed by atoms with E-state index in [4.69, 9.17) is 22.1 Å². The standard InChI is InChI=1S/C17H26ClNO/c1-13(20-2)5-3-6-16(19)17(11-4-12-17)14-7-9-15(18)10-8-14/h7-10,13,16H,3-6,11-12,19H2,1-2H3. The molecule has 112 valence electrons. The van der Waals surface area contributed by atoms with Crippen molar-refractivity contribution in [2.75, 3.05) is 7.11 Å². The first-order valence-corrected chi connectivity index (χ1v) is 8.01. The van der Waals surface area contributed by atoms with Crippen molar-refractivity contribution in [1.29, 1.82) is 0 Å². The Morgan fingerprint density at radius 1 is 1.25 bits per heavy atom. The molecule has 1 aliphatic carbocycles. The Bertz CT molecular complexity index is 414. The van der Waals surface area contributed by atoms with Gasteiger partial charge in [-0.3, -0.25) is 0 Å². The summed E-state index contributed by atoms with van der Waals surface area (Å²) in [5.41, 5.74) is 8.08. The third-order valence-electron chi connectivity index (χ3n) is 4.90. The van der Waals surface area contributed by atoms with Crippen LogP contribution < -0.4 is 5.73 Å². The minimum Gasteiger partial charge on any atom is -0.382 e. The first-order chi connectivity index (χ1) is 9.58. The average Bonchev–Trinajstić information content (AvgIpc) is 2.39. The number of halogens is 1. The molecule has 0 saturated heterocycles. The largest absolute Gasteiger partial charge is 0.382 e. The second-order valence-electron chi connectivity index (χ2n) is 6.10. The molecule has 2 atom stereocenters. The van der Waals surface area contributed by atoms with E-state index < -0.39 is 0 Å². The Morgan fingerprint density at radius 3 is 2.40 bits per heavy atom. The van der Waals surface area contributed by atoms with Crippen LogP contribution in [-0.4, -0.2) is 19.3 Å². The Morgan fingerprint density at radius 2 is 1.90 bits per heavy atom. The van der Waals surface area contributed by atoms with Crippen LogP contribution in [0.4, 0.5) is 0 Å². The zero-order chi connectivity index (χ0) is 14.6. The van der Waals surface area contributed by atoms with Gasteiger partial charge in [0.25, 0.3) is 0 Å². The van der Waals surface area contributed by atoms with E-state index >= 15 is 0 Å². The molecule has 0 amide bonds. The van der Waals surface area contributed by atoms with E-state index in [0.717, 1.165) is 24.3 Å². The number of methoxy groups -OCH3 is 1. The van der Waals surface area contributed by atoms with E-state index in [2.05, 4.69) is 19.1 Å². The van der Waals surface area contributed by atoms with E-state index in [9.17, 15) is 0 Å². The Balaban J connectivity index is 1.98. The topological polar surface area (TPSA) is 35.2 Å². The number of hydrogen-bond donors (Lipinski definition) is 1. The summed E-state index contributed by atoms with van der Waals surface area (Å²) in [4.78, 5) is 0. The molecule has 2 N–H and O–H groups in total. The predicted molar refractivity (Wildman–Crippen MR) is 85.3 cm³/mol. The maximum absolute atomic E-state index is 6.54. The molecule has 0 aliphatic heterocycles. The summed E-state index contributed by atoms with van der Waals surface area (Å²) >= 11 is 5.99. The lowest BCUT2D eigenvalue weighted by molar-refractivity contribution is 0.105. The van der Waals surface area contributed by atoms with Gasteiger partial charge in [0.05, 0.1) is 6.10 Å². The van der Waals surface area contributed by atoms with Gasteiger partial charge in [-0.2, -0.15) is 0 Å². The molecule has 2 unspecified atom stereocenters. The van der Waals surface area contributed by atoms with Crippen LogP contribution in [0.2, 0.25) is 5.02 Å². The van der Waals surface area contributed by atoms with Crippen molar-refractivity contribution in [3.8, 4) is 0 Å². The lowest BCUT2D eigenvalue weighted by Crippen LogP contribution is -2.50. The molecule has 2 rings (SSSR count). The molecule has 1 aromatic carbocycles. The van der Waals surface area contributed by atoms with Crippen molar-refractivity contribution >= 4 is 11.6 Å². The SMILES string of the molecule is COC(C)CCCC(N)C1(c2ccc(Cl)cc2)CCC1. The van der Waals surface area contributed by atoms with Gasteiger partial charge >= 0.3 is 0 Å². The third kappa shape index (κ3) is 3.36. The quantitative estimate of drug-likeness (QED) is 0.814. The summed E-state index contributed by atoms with van der Waals surface area (Å²) in [6, 6.07) is 8.51. The first-order valence-electron chi connectivity index (χ1n) is 7.63. The van der Waals surface area contributed by atoms with Gasteiger partial charge in [-0.15, -0.1) is 0 Å². The second-order valence-corrected chi connectivity index (χ2v) is 6.54. The summed E-state index contributed by atoms with van der Waals surface area (Å²) in [6.07, 6.45) is 7.30. The van der Waals surface area contributed by atoms with Gasteiger partial charge in [0, 0.05) is 23.6 Å². The number of hydrogen-bond acceptors (Lipinski definition) is 2. The number of rotatable bonds is 7. The van der Waals surface area contributed by atoms with Gasteiger partial charge in [-0.1, -0.05) is 30.2 Å². The zero-order valence-electron chi connectivity index (χ0n) is 12.6. The molecule has 1 fully saturated rings. The van der Waals surface area contributed by atoms with Crippen molar-refractivity contribution < 1.29 is 4.74 Å². The Hall–Kier alpha value is -0.570. The minimum atomic E-state index is 0.181. The van der Waals surface area contributed by atoms with Crippen LogP contribution in [-0.2, 0) is 10.2 Å². The summed E-state index contributed by atoms with van der Waals surface area (Å²) < 4.78 is 5.30. The van der Waals surface area contributed by atoms with Gasteiger partial charge in [0.1, 0.15) is 0 Å². The molecule has 0 aromatic heterocycles. The van der Waals surface area contributed by atoms with Gasteiger partial charge < -0.3 is 10.5 Å². The van der Waals surface area contributed by atoms with E-state index in [1.54, 1.807) is 7.11 Å². The van der Waals surface area contributed by atoms with Gasteiger partial charge in [0.15, 0.2) is 0 Å². The lowest BCUT2D eigenvalue weighted by atomic mass is 9.59. The van der Waals surface area contributed by atoms with Gasteiger partial charge in [-0.05, 0) is 56.7 Å². The normalized spacial score (nSPS) is 20.2. The maximum Gasteiger partial charge on any atom is 0.0543 e. The van der Waals surface area contributed by atoms with Crippen molar-refractivity contribution in [1.82, 2.24) is 0 Å². The second kappa shape index (κ2) is 6.93. The molecule has 0 radical (unpaired) electrons. The molecule has 0 heterocycles. The fourth-order valence-corrected chi connectivity index (χ4v) is 3.36. The molecule has 1 saturated carbocycles. The van der Waals surface area contributed by atoms with E-state index in [-0.39, 0.29) is 11.5 Å². The third-order valence-corrected chi connectivity index (χ3v) is 5.15. The summed E-state index contributed by atoms with van der Waals surface area (Å²) in [7, 11) is 1.77. The van der Waals surface area contributed by atoms with Crippen LogP contribution >= 0.6 is 11.6 Å². The van der Waals surface area contributed by atoms with Crippen LogP contribution in [0.1, 0.15) is 51.0 Å². The van der Waals surface area contributed by atoms with Crippen LogP contribution in [0.25, 0.3) is 0 Å². The summed E-state index contributed by atoms with van der Waals surface area (Å²) in [5, 5.41) is 0.797. The van der Waals surface area contributed by atoms with E-state index in [0.29, 0.717) is 6.10 Å². The molecule has 2 nitrogen and oxygen atoms in total. The molecule has 0 bridgehead atoms. The first kappa shape index (κ1) is 15.8. The van der Waals surface area contributed by atoms with E-state index in [1.807, 2.05) is 12.1 Å². The Kier molecular flexibility index (Phi) is 5.48. The fraction of sp³-hybridized carbons (Fsp3) is 0.647. The number of nitrogens with two attached hydrogens (primary N) is 1. The van der Waals surface area contributed by atoms with E-state index in [1.165, 1.54) is 24.8 Å². The molecule has 20 heavy (non-hydrogen) atoms. The van der Waals surface area contributed by atoms with Crippen molar-refractivity contribution in [2.24, 2.45) is 5.73 Å². The highest BCUT2D eigenvalue weighted by atomic mass is 35.5. The van der Waals surface area contributed by atoms with Crippen molar-refractivity contribution in [3.63, 3.8) is 0 Å². The molecule has 1 aromatic rings. The van der Waals surface area contributed by atoms with Crippen molar-refractivity contribution in [3.05, 3.63) is 34.9 Å². The monoisotopic (exact) mass is 295 g/mol. The summed E-state index contributed by atoms with van der Waals surface area (Å²) in [6.45, 7) is 2.11. The van der Waals surface area contributed by atoms with Crippen LogP contribution in [0, 0.1) is 0 Å². The van der Waals surface area contributed by atoms with Gasteiger partial charge in [-0.25, -0.2) is 0 Å². The molecular weight excluding hydrogens is 270 g/mol. The highest BCUT2D eigenvalue weighted by Crippen LogP contribution is 2.47. The van der Waals surface area contributed by atoms with Gasteiger partial charge in [0.2, 0.25) is 0 Å². The molecule has 0 spiro atoms. The molecule has 1 aliphatic rings. The highest BCUT2D eigenvalue weighted by Gasteiger charge is 2.43. The van der Waals surface area contributed by atoms with Crippen molar-refractivity contribution in [2.45, 2.75) is 63.0 Å². The maximum atomic E-state index is 6.54. The predicted octanol–water partition coefficient (Wildman–Crippen LogP) is 4.29. The lowest BCUT2D eigenvalue weighted by Gasteiger charge is -2.47. The number of benzene rings is 1. The smallest absolute Gasteiger partial charge is 0.0543 e. The van der Waals surface area contributed by atoms with Crippen LogP contribution in [0.15, 0.2) is 24.3 Å². The van der Waals surface area contributed by atoms with Crippen LogP contribution in [0.3, 0.4) is 0 Å². The summed E-state index contributed by atoms with van der Waals surface area (Å²) in [5.74, 6) is 0. The minimum absolute atomic E-state index is 0.181. The number of ether oxygens (including phenoxy) is 1. The highest BCUT2D eigenvalue weighted by molar-refractivity contribution is 6.30. The average molecular weight is 296 g/mol. The Labute approximate surface area is 127 Å².